The molecule has 5 rings (SSSR count). The van der Waals surface area contributed by atoms with Gasteiger partial charge in [0, 0.05) is 44.6 Å². The summed E-state index contributed by atoms with van der Waals surface area (Å²) in [5, 5.41) is 16.5. The molecule has 0 spiro atoms. The molecule has 1 saturated heterocycles. The molecule has 1 aromatic heterocycles. The molecule has 0 unspecified atom stereocenters. The van der Waals surface area contributed by atoms with Crippen LogP contribution in [0.4, 0.5) is 23.7 Å². The van der Waals surface area contributed by atoms with E-state index in [0.29, 0.717) is 30.9 Å². The molecule has 4 atom stereocenters. The van der Waals surface area contributed by atoms with Gasteiger partial charge in [0.25, 0.3) is 12.0 Å². The quantitative estimate of drug-likeness (QED) is 0.292. The molecule has 2 heterocycles. The van der Waals surface area contributed by atoms with Gasteiger partial charge in [-0.1, -0.05) is 18.1 Å². The standard InChI is InChI=1S/C34H45F3N8O6/c1-18-17-45(15-14-43(18)3)33(48)26(40-34(49)44(4)50-5)19(2)23-12-13-25(24(35)16-23)38-31(46)28(21-8-10-22(11-9-21)30(36)37)39-32(47)29-27(20-6-7-20)41-51-42-29/h12-13,16,18-21,26,28H,6-11,14-15,17H2,1-5H3,(H,38,46)(H,39,47)(H,40,49)/t18-,19+,26-,28+/m1/s1. The second-order valence-electron chi connectivity index (χ2n) is 13.7. The van der Waals surface area contributed by atoms with Crippen molar-refractivity contribution in [2.45, 2.75) is 82.3 Å². The second kappa shape index (κ2) is 16.2. The highest BCUT2D eigenvalue weighted by Gasteiger charge is 2.38. The number of hydroxylamine groups is 2. The Morgan fingerprint density at radius 1 is 1.06 bits per heavy atom. The molecule has 1 aliphatic heterocycles. The summed E-state index contributed by atoms with van der Waals surface area (Å²) in [4.78, 5) is 62.5. The first-order valence-electron chi connectivity index (χ1n) is 17.1. The van der Waals surface area contributed by atoms with Gasteiger partial charge < -0.3 is 25.8 Å². The highest BCUT2D eigenvalue weighted by molar-refractivity contribution is 6.01. The number of nitrogens with zero attached hydrogens (tertiary/aromatic N) is 5. The molecule has 14 nitrogen and oxygen atoms in total. The van der Waals surface area contributed by atoms with Gasteiger partial charge in [-0.25, -0.2) is 18.9 Å². The third-order valence-electron chi connectivity index (χ3n) is 10.3. The number of hydrogen-bond donors (Lipinski definition) is 3. The minimum absolute atomic E-state index is 0.00758. The Hall–Kier alpha value is -4.51. The van der Waals surface area contributed by atoms with Gasteiger partial charge in [-0.3, -0.25) is 19.2 Å². The Labute approximate surface area is 294 Å². The van der Waals surface area contributed by atoms with E-state index >= 15 is 4.39 Å². The van der Waals surface area contributed by atoms with Gasteiger partial charge in [-0.15, -0.1) is 0 Å². The number of nitrogens with one attached hydrogen (secondary N) is 3. The van der Waals surface area contributed by atoms with Gasteiger partial charge in [0.1, 0.15) is 23.6 Å². The van der Waals surface area contributed by atoms with Crippen LogP contribution in [-0.2, 0) is 14.4 Å². The molecule has 0 radical (unpaired) electrons. The summed E-state index contributed by atoms with van der Waals surface area (Å²) in [5.41, 5.74) is 0.530. The second-order valence-corrected chi connectivity index (χ2v) is 13.7. The van der Waals surface area contributed by atoms with Crippen molar-refractivity contribution in [3.05, 3.63) is 52.6 Å². The fraction of sp³-hybridized carbons (Fsp3) is 0.588. The number of likely N-dealkylation sites (N-methyl/N-ethyl adjacent to an activating group) is 1. The van der Waals surface area contributed by atoms with Gasteiger partial charge in [0.15, 0.2) is 5.69 Å². The number of hydrogen-bond acceptors (Lipinski definition) is 9. The van der Waals surface area contributed by atoms with E-state index in [9.17, 15) is 28.0 Å². The zero-order chi connectivity index (χ0) is 37.0. The van der Waals surface area contributed by atoms with Crippen molar-refractivity contribution in [3.63, 3.8) is 0 Å². The molecule has 2 saturated carbocycles. The first kappa shape index (κ1) is 37.7. The summed E-state index contributed by atoms with van der Waals surface area (Å²) in [6.07, 6.45) is 0.388. The van der Waals surface area contributed by atoms with Crippen molar-refractivity contribution in [1.82, 2.24) is 35.8 Å². The molecule has 2 aromatic rings. The van der Waals surface area contributed by atoms with E-state index in [0.717, 1.165) is 17.9 Å². The fourth-order valence-corrected chi connectivity index (χ4v) is 6.57. The van der Waals surface area contributed by atoms with E-state index in [4.69, 9.17) is 9.47 Å². The average molecular weight is 719 g/mol. The number of aromatic nitrogens is 2. The normalized spacial score (nSPS) is 21.3. The zero-order valence-corrected chi connectivity index (χ0v) is 29.4. The van der Waals surface area contributed by atoms with Crippen LogP contribution in [0.25, 0.3) is 0 Å². The molecule has 0 bridgehead atoms. The number of amides is 5. The van der Waals surface area contributed by atoms with E-state index < -0.39 is 53.7 Å². The van der Waals surface area contributed by atoms with Crippen molar-refractivity contribution in [2.24, 2.45) is 5.92 Å². The summed E-state index contributed by atoms with van der Waals surface area (Å²) in [6.45, 7) is 5.23. The van der Waals surface area contributed by atoms with Gasteiger partial charge in [0.05, 0.1) is 12.8 Å². The summed E-state index contributed by atoms with van der Waals surface area (Å²) < 4.78 is 47.2. The molecule has 3 N–H and O–H groups in total. The molecular weight excluding hydrogens is 673 g/mol. The van der Waals surface area contributed by atoms with Crippen LogP contribution in [0.15, 0.2) is 34.5 Å². The van der Waals surface area contributed by atoms with Crippen LogP contribution in [0.5, 0.6) is 0 Å². The molecule has 51 heavy (non-hydrogen) atoms. The predicted molar refractivity (Wildman–Crippen MR) is 178 cm³/mol. The van der Waals surface area contributed by atoms with Crippen LogP contribution in [0.2, 0.25) is 0 Å². The molecule has 2 aliphatic carbocycles. The minimum atomic E-state index is -1.75. The lowest BCUT2D eigenvalue weighted by Gasteiger charge is -2.40. The summed E-state index contributed by atoms with van der Waals surface area (Å²) in [6, 6.07) is 1.22. The largest absolute Gasteiger partial charge is 0.341 e. The Morgan fingerprint density at radius 3 is 2.37 bits per heavy atom. The van der Waals surface area contributed by atoms with Crippen molar-refractivity contribution in [2.75, 3.05) is 46.2 Å². The van der Waals surface area contributed by atoms with Crippen LogP contribution < -0.4 is 16.0 Å². The van der Waals surface area contributed by atoms with Crippen molar-refractivity contribution >= 4 is 29.4 Å². The smallest absolute Gasteiger partial charge is 0.338 e. The zero-order valence-electron chi connectivity index (χ0n) is 29.4. The highest BCUT2D eigenvalue weighted by atomic mass is 19.3. The van der Waals surface area contributed by atoms with Crippen molar-refractivity contribution in [3.8, 4) is 0 Å². The lowest BCUT2D eigenvalue weighted by Crippen LogP contribution is -2.59. The molecule has 17 heteroatoms. The Morgan fingerprint density at radius 2 is 1.76 bits per heavy atom. The number of carbonyl (C=O) groups excluding carboxylic acids is 4. The van der Waals surface area contributed by atoms with E-state index in [1.165, 1.54) is 26.3 Å². The first-order chi connectivity index (χ1) is 24.3. The topological polar surface area (TPSA) is 162 Å². The maximum atomic E-state index is 15.8. The molecular formula is C34H45F3N8O6. The predicted octanol–water partition coefficient (Wildman–Crippen LogP) is 4.00. The van der Waals surface area contributed by atoms with Gasteiger partial charge in [-0.05, 0) is 86.8 Å². The monoisotopic (exact) mass is 718 g/mol. The fourth-order valence-electron chi connectivity index (χ4n) is 6.57. The van der Waals surface area contributed by atoms with Gasteiger partial charge in [-0.2, -0.15) is 8.78 Å². The Balaban J connectivity index is 1.35. The van der Waals surface area contributed by atoms with Crippen molar-refractivity contribution < 1.29 is 41.8 Å². The number of halogens is 3. The molecule has 278 valence electrons. The first-order valence-corrected chi connectivity index (χ1v) is 17.1. The van der Waals surface area contributed by atoms with Crippen LogP contribution in [0.1, 0.15) is 86.0 Å². The number of carbonyl (C=O) groups is 4. The van der Waals surface area contributed by atoms with E-state index in [2.05, 4.69) is 31.2 Å². The summed E-state index contributed by atoms with van der Waals surface area (Å²) >= 11 is 0. The summed E-state index contributed by atoms with van der Waals surface area (Å²) in [7, 11) is 4.67. The maximum absolute atomic E-state index is 15.8. The number of rotatable bonds is 11. The van der Waals surface area contributed by atoms with Crippen LogP contribution in [-0.4, -0.2) is 108 Å². The minimum Gasteiger partial charge on any atom is -0.338 e. The van der Waals surface area contributed by atoms with Gasteiger partial charge >= 0.3 is 6.03 Å². The number of anilines is 1. The van der Waals surface area contributed by atoms with Crippen LogP contribution in [0.3, 0.4) is 0 Å². The number of piperazine rings is 1. The van der Waals surface area contributed by atoms with Gasteiger partial charge in [0.2, 0.25) is 11.8 Å². The third kappa shape index (κ3) is 8.87. The SMILES string of the molecule is CON(C)C(=O)N[C@@H](C(=O)N1CCN(C)[C@H](C)C1)[C@@H](C)c1ccc(NC(=O)[C@@H](NC(=O)c2nonc2C2CC2)C2CCC(=C(F)F)CC2)c(F)c1. The van der Waals surface area contributed by atoms with E-state index in [1.807, 2.05) is 14.0 Å². The number of urea groups is 1. The maximum Gasteiger partial charge on any atom is 0.341 e. The molecule has 3 fully saturated rings. The van der Waals surface area contributed by atoms with Crippen LogP contribution >= 0.6 is 0 Å². The average Bonchev–Trinajstić information content (AvgIpc) is 3.85. The Bertz CT molecular complexity index is 1640. The Kier molecular flexibility index (Phi) is 12.0. The third-order valence-corrected chi connectivity index (χ3v) is 10.3. The molecule has 1 aromatic carbocycles. The molecule has 5 amide bonds. The lowest BCUT2D eigenvalue weighted by atomic mass is 9.81. The van der Waals surface area contributed by atoms with E-state index in [1.54, 1.807) is 17.9 Å². The summed E-state index contributed by atoms with van der Waals surface area (Å²) in [5.74, 6) is -3.79. The number of benzene rings is 1. The van der Waals surface area contributed by atoms with E-state index in [-0.39, 0.29) is 60.5 Å². The lowest BCUT2D eigenvalue weighted by molar-refractivity contribution is -0.136. The highest BCUT2D eigenvalue weighted by Crippen LogP contribution is 2.40. The number of allylic oxidation sites excluding steroid dienone is 1. The van der Waals surface area contributed by atoms with Crippen LogP contribution in [0, 0.1) is 11.7 Å². The molecule has 3 aliphatic rings. The van der Waals surface area contributed by atoms with Crippen molar-refractivity contribution in [1.29, 1.82) is 0 Å².